The van der Waals surface area contributed by atoms with E-state index in [1.807, 2.05) is 19.1 Å². The Labute approximate surface area is 118 Å². The molecule has 2 N–H and O–H groups in total. The lowest BCUT2D eigenvalue weighted by Gasteiger charge is -2.11. The number of carbonyl (C=O) groups is 1. The van der Waals surface area contributed by atoms with Gasteiger partial charge in [0.25, 0.3) is 0 Å². The van der Waals surface area contributed by atoms with Crippen molar-refractivity contribution in [2.45, 2.75) is 46.2 Å². The fraction of sp³-hybridized carbons (Fsp3) is 0.438. The molecular formula is C16H21NO3. The Morgan fingerprint density at radius 2 is 2.00 bits per heavy atom. The van der Waals surface area contributed by atoms with Gasteiger partial charge in [-0.2, -0.15) is 0 Å². The van der Waals surface area contributed by atoms with Crippen molar-refractivity contribution < 1.29 is 14.3 Å². The Morgan fingerprint density at radius 1 is 1.30 bits per heavy atom. The Kier molecular flexibility index (Phi) is 4.45. The largest absolute Gasteiger partial charge is 0.480 e. The molecule has 0 fully saturated rings. The van der Waals surface area contributed by atoms with Crippen LogP contribution in [-0.2, 0) is 11.3 Å². The maximum Gasteiger partial charge on any atom is 0.320 e. The summed E-state index contributed by atoms with van der Waals surface area (Å²) in [5.74, 6) is -0.0398. The summed E-state index contributed by atoms with van der Waals surface area (Å²) in [5, 5.41) is 13.2. The van der Waals surface area contributed by atoms with Crippen molar-refractivity contribution in [2.24, 2.45) is 0 Å². The first kappa shape index (κ1) is 14.6. The van der Waals surface area contributed by atoms with Crippen molar-refractivity contribution >= 4 is 16.9 Å². The molecule has 1 heterocycles. The van der Waals surface area contributed by atoms with Crippen LogP contribution in [-0.4, -0.2) is 17.1 Å². The molecule has 1 unspecified atom stereocenters. The van der Waals surface area contributed by atoms with Crippen molar-refractivity contribution in [3.63, 3.8) is 0 Å². The van der Waals surface area contributed by atoms with Crippen LogP contribution in [0.2, 0.25) is 0 Å². The molecule has 1 aromatic carbocycles. The highest BCUT2D eigenvalue weighted by Crippen LogP contribution is 2.23. The standard InChI is InChI=1S/C16H21NO3/c1-4-5-14(16(18)19)17-9-13-8-12-6-10(2)11(3)7-15(12)20-13/h6-8,14,17H,4-5,9H2,1-3H3,(H,18,19). The number of nitrogens with one attached hydrogen (secondary N) is 1. The van der Waals surface area contributed by atoms with Crippen LogP contribution in [0.1, 0.15) is 36.7 Å². The van der Waals surface area contributed by atoms with Crippen molar-refractivity contribution in [1.82, 2.24) is 5.32 Å². The smallest absolute Gasteiger partial charge is 0.320 e. The van der Waals surface area contributed by atoms with Gasteiger partial charge in [-0.15, -0.1) is 0 Å². The van der Waals surface area contributed by atoms with Crippen LogP contribution in [0.3, 0.4) is 0 Å². The molecular weight excluding hydrogens is 254 g/mol. The van der Waals surface area contributed by atoms with E-state index < -0.39 is 12.0 Å². The van der Waals surface area contributed by atoms with Gasteiger partial charge in [-0.3, -0.25) is 10.1 Å². The lowest BCUT2D eigenvalue weighted by molar-refractivity contribution is -0.139. The third kappa shape index (κ3) is 3.20. The van der Waals surface area contributed by atoms with Crippen LogP contribution in [0.5, 0.6) is 0 Å². The van der Waals surface area contributed by atoms with Crippen LogP contribution >= 0.6 is 0 Å². The molecule has 0 bridgehead atoms. The molecule has 0 aliphatic carbocycles. The van der Waals surface area contributed by atoms with Gasteiger partial charge in [0, 0.05) is 5.39 Å². The molecule has 20 heavy (non-hydrogen) atoms. The van der Waals surface area contributed by atoms with Gasteiger partial charge in [-0.05, 0) is 49.6 Å². The fourth-order valence-electron chi connectivity index (χ4n) is 2.27. The van der Waals surface area contributed by atoms with E-state index in [4.69, 9.17) is 9.52 Å². The molecule has 2 aromatic rings. The lowest BCUT2D eigenvalue weighted by atomic mass is 10.1. The molecule has 108 valence electrons. The molecule has 0 radical (unpaired) electrons. The Hall–Kier alpha value is -1.81. The first-order valence-corrected chi connectivity index (χ1v) is 6.97. The van der Waals surface area contributed by atoms with E-state index in [1.165, 1.54) is 11.1 Å². The zero-order valence-electron chi connectivity index (χ0n) is 12.2. The molecule has 0 aliphatic heterocycles. The summed E-state index contributed by atoms with van der Waals surface area (Å²) in [7, 11) is 0. The highest BCUT2D eigenvalue weighted by atomic mass is 16.4. The predicted octanol–water partition coefficient (Wildman–Crippen LogP) is 3.39. The minimum atomic E-state index is -0.811. The lowest BCUT2D eigenvalue weighted by Crippen LogP contribution is -2.35. The molecule has 0 aliphatic rings. The monoisotopic (exact) mass is 275 g/mol. The van der Waals surface area contributed by atoms with Gasteiger partial charge in [0.1, 0.15) is 17.4 Å². The highest BCUT2D eigenvalue weighted by Gasteiger charge is 2.16. The van der Waals surface area contributed by atoms with Crippen molar-refractivity contribution in [3.8, 4) is 0 Å². The molecule has 0 saturated carbocycles. The number of aryl methyl sites for hydroxylation is 2. The van der Waals surface area contributed by atoms with Gasteiger partial charge < -0.3 is 9.52 Å². The summed E-state index contributed by atoms with van der Waals surface area (Å²) in [6, 6.07) is 5.57. The number of rotatable bonds is 6. The third-order valence-electron chi connectivity index (χ3n) is 3.58. The molecule has 0 amide bonds. The summed E-state index contributed by atoms with van der Waals surface area (Å²) in [5.41, 5.74) is 3.28. The summed E-state index contributed by atoms with van der Waals surface area (Å²) in [4.78, 5) is 11.1. The van der Waals surface area contributed by atoms with Gasteiger partial charge in [-0.1, -0.05) is 13.3 Å². The van der Waals surface area contributed by atoms with Gasteiger partial charge in [-0.25, -0.2) is 0 Å². The number of furan rings is 1. The first-order valence-electron chi connectivity index (χ1n) is 6.97. The van der Waals surface area contributed by atoms with E-state index in [0.29, 0.717) is 13.0 Å². The molecule has 1 aromatic heterocycles. The van der Waals surface area contributed by atoms with E-state index >= 15 is 0 Å². The summed E-state index contributed by atoms with van der Waals surface area (Å²) in [6.45, 7) is 6.53. The zero-order chi connectivity index (χ0) is 14.7. The van der Waals surface area contributed by atoms with Gasteiger partial charge in [0.15, 0.2) is 0 Å². The van der Waals surface area contributed by atoms with E-state index in [1.54, 1.807) is 0 Å². The summed E-state index contributed by atoms with van der Waals surface area (Å²) >= 11 is 0. The number of hydrogen-bond acceptors (Lipinski definition) is 3. The molecule has 4 heteroatoms. The Balaban J connectivity index is 2.12. The minimum Gasteiger partial charge on any atom is -0.480 e. The van der Waals surface area contributed by atoms with Crippen LogP contribution in [0.25, 0.3) is 11.0 Å². The molecule has 2 rings (SSSR count). The van der Waals surface area contributed by atoms with Crippen LogP contribution in [0, 0.1) is 13.8 Å². The van der Waals surface area contributed by atoms with Crippen LogP contribution in [0.15, 0.2) is 22.6 Å². The zero-order valence-corrected chi connectivity index (χ0v) is 12.2. The normalized spacial score (nSPS) is 12.8. The minimum absolute atomic E-state index is 0.434. The topological polar surface area (TPSA) is 62.5 Å². The maximum atomic E-state index is 11.1. The van der Waals surface area contributed by atoms with Crippen molar-refractivity contribution in [2.75, 3.05) is 0 Å². The number of fused-ring (bicyclic) bond motifs is 1. The number of benzene rings is 1. The first-order chi connectivity index (χ1) is 9.51. The van der Waals surface area contributed by atoms with E-state index in [0.717, 1.165) is 23.2 Å². The van der Waals surface area contributed by atoms with E-state index in [-0.39, 0.29) is 0 Å². The van der Waals surface area contributed by atoms with Crippen molar-refractivity contribution in [3.05, 3.63) is 35.1 Å². The van der Waals surface area contributed by atoms with E-state index in [2.05, 4.69) is 25.2 Å². The molecule has 0 saturated heterocycles. The third-order valence-corrected chi connectivity index (χ3v) is 3.58. The summed E-state index contributed by atoms with van der Waals surface area (Å²) in [6.07, 6.45) is 1.45. The van der Waals surface area contributed by atoms with E-state index in [9.17, 15) is 4.79 Å². The Bertz CT molecular complexity index is 576. The molecule has 0 spiro atoms. The maximum absolute atomic E-state index is 11.1. The molecule has 1 atom stereocenters. The number of carboxylic acid groups (broad SMARTS) is 1. The summed E-state index contributed by atoms with van der Waals surface area (Å²) < 4.78 is 5.76. The second-order valence-electron chi connectivity index (χ2n) is 5.25. The van der Waals surface area contributed by atoms with Crippen molar-refractivity contribution in [1.29, 1.82) is 0 Å². The average molecular weight is 275 g/mol. The second-order valence-corrected chi connectivity index (χ2v) is 5.25. The van der Waals surface area contributed by atoms with Crippen LogP contribution in [0.4, 0.5) is 0 Å². The number of hydrogen-bond donors (Lipinski definition) is 2. The van der Waals surface area contributed by atoms with Crippen LogP contribution < -0.4 is 5.32 Å². The number of carboxylic acids is 1. The van der Waals surface area contributed by atoms with Gasteiger partial charge in [0.05, 0.1) is 6.54 Å². The van der Waals surface area contributed by atoms with Gasteiger partial charge >= 0.3 is 5.97 Å². The Morgan fingerprint density at radius 3 is 2.65 bits per heavy atom. The van der Waals surface area contributed by atoms with Gasteiger partial charge in [0.2, 0.25) is 0 Å². The molecule has 4 nitrogen and oxygen atoms in total. The quantitative estimate of drug-likeness (QED) is 0.848. The predicted molar refractivity (Wildman–Crippen MR) is 78.9 cm³/mol. The fourth-order valence-corrected chi connectivity index (χ4v) is 2.27. The highest BCUT2D eigenvalue weighted by molar-refractivity contribution is 5.79. The number of aliphatic carboxylic acids is 1. The average Bonchev–Trinajstić information content (AvgIpc) is 2.76. The second kappa shape index (κ2) is 6.09. The SMILES string of the molecule is CCCC(NCc1cc2cc(C)c(C)cc2o1)C(=O)O.